The number of allylic oxidation sites excluding steroid dienone is 4. The lowest BCUT2D eigenvalue weighted by molar-refractivity contribution is -0.169. The van der Waals surface area contributed by atoms with Crippen molar-refractivity contribution >= 4 is 28.3 Å². The minimum Gasteiger partial charge on any atom is -0.393 e. The van der Waals surface area contributed by atoms with Crippen molar-refractivity contribution in [3.8, 4) is 0 Å². The predicted octanol–water partition coefficient (Wildman–Crippen LogP) is 5.84. The van der Waals surface area contributed by atoms with Crippen molar-refractivity contribution in [3.05, 3.63) is 53.6 Å². The van der Waals surface area contributed by atoms with Crippen LogP contribution in [0.4, 0.5) is 14.5 Å². The molecule has 38 heavy (non-hydrogen) atoms. The molecule has 0 spiro atoms. The van der Waals surface area contributed by atoms with E-state index in [1.807, 2.05) is 39.0 Å². The first kappa shape index (κ1) is 27.5. The Hall–Kier alpha value is -2.03. The molecule has 206 valence electrons. The van der Waals surface area contributed by atoms with Crippen LogP contribution in [0.25, 0.3) is 0 Å². The van der Waals surface area contributed by atoms with Crippen LogP contribution in [0.2, 0.25) is 0 Å². The molecular formula is C30H37F2NO4S. The van der Waals surface area contributed by atoms with E-state index in [0.717, 1.165) is 10.6 Å². The van der Waals surface area contributed by atoms with Gasteiger partial charge in [-0.3, -0.25) is 19.9 Å². The monoisotopic (exact) mass is 545 g/mol. The summed E-state index contributed by atoms with van der Waals surface area (Å²) in [4.78, 5) is 25.6. The standard InChI is InChI=1S/C30H37F2NO4S/c1-17-6-5-7-19(10-17)33(37)15-18-13-29(3)22-12-23(32)21-11-20(34)8-9-28(21,2)26(22)24(35)14-30(29,4)25(18)27(36)38-16-31/h5-11,18,22-26,35,37H,12-16H2,1-4H3. The molecule has 0 saturated heterocycles. The lowest BCUT2D eigenvalue weighted by atomic mass is 9.41. The fourth-order valence-electron chi connectivity index (χ4n) is 8.83. The molecule has 1 aromatic carbocycles. The SMILES string of the molecule is Cc1cccc(N(O)CC2CC3(C)C4CC(F)C5=CC(=O)C=CC5(C)C4C(O)CC3(C)C2C(=O)SCF)c1. The fourth-order valence-corrected chi connectivity index (χ4v) is 9.57. The second kappa shape index (κ2) is 9.56. The number of thioether (sulfide) groups is 1. The third kappa shape index (κ3) is 4.01. The molecule has 0 radical (unpaired) electrons. The Kier molecular flexibility index (Phi) is 6.93. The highest BCUT2D eigenvalue weighted by atomic mass is 32.2. The van der Waals surface area contributed by atoms with Gasteiger partial charge in [0.25, 0.3) is 0 Å². The minimum atomic E-state index is -1.34. The van der Waals surface area contributed by atoms with Crippen LogP contribution in [0.3, 0.4) is 0 Å². The van der Waals surface area contributed by atoms with Crippen LogP contribution in [0, 0.1) is 46.8 Å². The van der Waals surface area contributed by atoms with E-state index in [2.05, 4.69) is 6.92 Å². The second-order valence-corrected chi connectivity index (χ2v) is 13.4. The van der Waals surface area contributed by atoms with Gasteiger partial charge in [-0.1, -0.05) is 50.7 Å². The molecule has 0 bridgehead atoms. The smallest absolute Gasteiger partial charge is 0.195 e. The van der Waals surface area contributed by atoms with E-state index in [-0.39, 0.29) is 41.6 Å². The van der Waals surface area contributed by atoms with E-state index >= 15 is 4.39 Å². The first-order chi connectivity index (χ1) is 17.9. The number of rotatable bonds is 5. The normalized spacial score (nSPS) is 41.7. The number of fused-ring (bicyclic) bond motifs is 5. The van der Waals surface area contributed by atoms with E-state index in [0.29, 0.717) is 35.9 Å². The number of benzene rings is 1. The quantitative estimate of drug-likeness (QED) is 0.453. The number of carbonyl (C=O) groups is 2. The third-order valence-electron chi connectivity index (χ3n) is 10.6. The van der Waals surface area contributed by atoms with Crippen LogP contribution in [0.1, 0.15) is 45.6 Å². The number of hydrogen-bond donors (Lipinski definition) is 2. The Morgan fingerprint density at radius 1 is 1.21 bits per heavy atom. The molecule has 9 unspecified atom stereocenters. The maximum absolute atomic E-state index is 15.8. The number of aryl methyl sites for hydroxylation is 1. The van der Waals surface area contributed by atoms with Gasteiger partial charge in [-0.15, -0.1) is 0 Å². The van der Waals surface area contributed by atoms with Gasteiger partial charge in [-0.2, -0.15) is 0 Å². The zero-order valence-electron chi connectivity index (χ0n) is 22.4. The number of aliphatic hydroxyl groups is 1. The molecule has 9 atom stereocenters. The molecule has 5 nitrogen and oxygen atoms in total. The van der Waals surface area contributed by atoms with Crippen LogP contribution < -0.4 is 5.06 Å². The van der Waals surface area contributed by atoms with E-state index in [9.17, 15) is 24.3 Å². The van der Waals surface area contributed by atoms with E-state index in [4.69, 9.17) is 0 Å². The average Bonchev–Trinajstić information content (AvgIpc) is 3.06. The molecule has 8 heteroatoms. The summed E-state index contributed by atoms with van der Waals surface area (Å²) in [7, 11) is 0. The van der Waals surface area contributed by atoms with Gasteiger partial charge in [0.1, 0.15) is 12.2 Å². The number of alkyl halides is 2. The lowest BCUT2D eigenvalue weighted by Gasteiger charge is -2.63. The Bertz CT molecular complexity index is 1200. The minimum absolute atomic E-state index is 0.154. The average molecular weight is 546 g/mol. The molecule has 0 heterocycles. The van der Waals surface area contributed by atoms with Gasteiger partial charge in [0.05, 0.1) is 11.8 Å². The van der Waals surface area contributed by atoms with Gasteiger partial charge in [0.15, 0.2) is 10.9 Å². The van der Waals surface area contributed by atoms with Gasteiger partial charge in [-0.05, 0) is 84.3 Å². The molecule has 3 fully saturated rings. The third-order valence-corrected chi connectivity index (χ3v) is 11.3. The van der Waals surface area contributed by atoms with Gasteiger partial charge >= 0.3 is 0 Å². The molecule has 1 aromatic rings. The molecule has 5 rings (SSSR count). The zero-order chi connectivity index (χ0) is 27.6. The van der Waals surface area contributed by atoms with Crippen molar-refractivity contribution in [1.82, 2.24) is 0 Å². The Labute approximate surface area is 227 Å². The Morgan fingerprint density at radius 3 is 2.63 bits per heavy atom. The number of hydrogen-bond acceptors (Lipinski definition) is 6. The van der Waals surface area contributed by atoms with Crippen LogP contribution in [0.15, 0.2) is 48.1 Å². The topological polar surface area (TPSA) is 77.8 Å². The summed E-state index contributed by atoms with van der Waals surface area (Å²) < 4.78 is 29.3. The van der Waals surface area contributed by atoms with Crippen molar-refractivity contribution in [2.24, 2.45) is 39.9 Å². The molecule has 0 amide bonds. The molecule has 4 aliphatic rings. The maximum atomic E-state index is 15.8. The van der Waals surface area contributed by atoms with Crippen molar-refractivity contribution in [2.75, 3.05) is 17.6 Å². The number of hydroxylamine groups is 1. The Morgan fingerprint density at radius 2 is 1.95 bits per heavy atom. The highest BCUT2D eigenvalue weighted by Crippen LogP contribution is 2.73. The summed E-state index contributed by atoms with van der Waals surface area (Å²) in [6, 6.07) is 6.60. The van der Waals surface area contributed by atoms with E-state index in [1.54, 1.807) is 12.1 Å². The molecule has 4 aliphatic carbocycles. The first-order valence-electron chi connectivity index (χ1n) is 13.4. The number of ketones is 1. The summed E-state index contributed by atoms with van der Waals surface area (Å²) in [6.07, 6.45) is 3.44. The number of carbonyl (C=O) groups excluding carboxylic acids is 2. The summed E-state index contributed by atoms with van der Waals surface area (Å²) in [5.74, 6) is -1.77. The van der Waals surface area contributed by atoms with Gasteiger partial charge in [-0.25, -0.2) is 8.78 Å². The molecular weight excluding hydrogens is 508 g/mol. The van der Waals surface area contributed by atoms with Crippen molar-refractivity contribution in [2.45, 2.75) is 59.2 Å². The first-order valence-corrected chi connectivity index (χ1v) is 14.4. The summed E-state index contributed by atoms with van der Waals surface area (Å²) in [6.45, 7) is 8.09. The number of nitrogens with zero attached hydrogens (tertiary/aromatic N) is 1. The fraction of sp³-hybridized carbons (Fsp3) is 0.600. The van der Waals surface area contributed by atoms with Crippen LogP contribution in [-0.4, -0.2) is 46.0 Å². The summed E-state index contributed by atoms with van der Waals surface area (Å²) in [5.41, 5.74) is -0.0708. The second-order valence-electron chi connectivity index (χ2n) is 12.5. The number of halogens is 2. The van der Waals surface area contributed by atoms with Crippen LogP contribution in [-0.2, 0) is 9.59 Å². The summed E-state index contributed by atoms with van der Waals surface area (Å²) in [5, 5.41) is 23.6. The van der Waals surface area contributed by atoms with Crippen LogP contribution >= 0.6 is 11.8 Å². The van der Waals surface area contributed by atoms with Crippen molar-refractivity contribution < 1.29 is 28.7 Å². The highest BCUT2D eigenvalue weighted by Gasteiger charge is 2.71. The molecule has 0 aromatic heterocycles. The van der Waals surface area contributed by atoms with Gasteiger partial charge < -0.3 is 5.11 Å². The largest absolute Gasteiger partial charge is 0.393 e. The summed E-state index contributed by atoms with van der Waals surface area (Å²) >= 11 is 0.640. The molecule has 2 N–H and O–H groups in total. The predicted molar refractivity (Wildman–Crippen MR) is 144 cm³/mol. The van der Waals surface area contributed by atoms with Gasteiger partial charge in [0.2, 0.25) is 0 Å². The van der Waals surface area contributed by atoms with Crippen molar-refractivity contribution in [3.63, 3.8) is 0 Å². The Balaban J connectivity index is 1.56. The van der Waals surface area contributed by atoms with Crippen molar-refractivity contribution in [1.29, 1.82) is 0 Å². The number of aliphatic hydroxyl groups excluding tert-OH is 1. The van der Waals surface area contributed by atoms with E-state index in [1.165, 1.54) is 12.2 Å². The highest BCUT2D eigenvalue weighted by molar-refractivity contribution is 8.13. The van der Waals surface area contributed by atoms with Gasteiger partial charge in [0, 0.05) is 23.8 Å². The maximum Gasteiger partial charge on any atom is 0.195 e. The van der Waals surface area contributed by atoms with Crippen LogP contribution in [0.5, 0.6) is 0 Å². The zero-order valence-corrected chi connectivity index (χ0v) is 23.2. The molecule has 3 saturated carbocycles. The number of anilines is 1. The van der Waals surface area contributed by atoms with E-state index < -0.39 is 40.4 Å². The lowest BCUT2D eigenvalue weighted by Crippen LogP contribution is -2.62. The molecule has 0 aliphatic heterocycles.